The SMILES string of the molecule is COCCC(C)(O)CNCc1cccc(OC)n1. The Morgan fingerprint density at radius 2 is 2.17 bits per heavy atom. The zero-order chi connectivity index (χ0) is 13.4. The fraction of sp³-hybridized carbons (Fsp3) is 0.615. The third kappa shape index (κ3) is 5.44. The molecule has 0 aliphatic heterocycles. The van der Waals surface area contributed by atoms with Crippen molar-refractivity contribution in [3.8, 4) is 5.88 Å². The van der Waals surface area contributed by atoms with Gasteiger partial charge in [-0.05, 0) is 13.0 Å². The van der Waals surface area contributed by atoms with Crippen LogP contribution in [-0.4, -0.2) is 43.1 Å². The van der Waals surface area contributed by atoms with Crippen molar-refractivity contribution < 1.29 is 14.6 Å². The number of nitrogens with one attached hydrogen (secondary N) is 1. The summed E-state index contributed by atoms with van der Waals surface area (Å²) in [4.78, 5) is 4.28. The molecule has 0 bridgehead atoms. The lowest BCUT2D eigenvalue weighted by Crippen LogP contribution is -2.38. The standard InChI is InChI=1S/C13H22N2O3/c1-13(16,7-8-17-2)10-14-9-11-5-4-6-12(15-11)18-3/h4-6,14,16H,7-10H2,1-3H3. The quantitative estimate of drug-likeness (QED) is 0.723. The number of rotatable bonds is 8. The van der Waals surface area contributed by atoms with E-state index in [0.717, 1.165) is 5.69 Å². The molecule has 2 N–H and O–H groups in total. The lowest BCUT2D eigenvalue weighted by atomic mass is 10.0. The van der Waals surface area contributed by atoms with Gasteiger partial charge in [0.2, 0.25) is 5.88 Å². The molecule has 0 aromatic carbocycles. The molecule has 1 rings (SSSR count). The van der Waals surface area contributed by atoms with Crippen molar-refractivity contribution >= 4 is 0 Å². The molecule has 0 aliphatic carbocycles. The molecule has 1 unspecified atom stereocenters. The number of nitrogens with zero attached hydrogens (tertiary/aromatic N) is 1. The maximum atomic E-state index is 10.0. The van der Waals surface area contributed by atoms with E-state index in [-0.39, 0.29) is 0 Å². The lowest BCUT2D eigenvalue weighted by molar-refractivity contribution is 0.0247. The van der Waals surface area contributed by atoms with Crippen molar-refractivity contribution in [1.82, 2.24) is 10.3 Å². The zero-order valence-electron chi connectivity index (χ0n) is 11.3. The smallest absolute Gasteiger partial charge is 0.213 e. The van der Waals surface area contributed by atoms with Crippen LogP contribution in [0.15, 0.2) is 18.2 Å². The largest absolute Gasteiger partial charge is 0.481 e. The van der Waals surface area contributed by atoms with E-state index in [1.165, 1.54) is 0 Å². The fourth-order valence-electron chi connectivity index (χ4n) is 1.54. The van der Waals surface area contributed by atoms with Gasteiger partial charge in [-0.15, -0.1) is 0 Å². The maximum absolute atomic E-state index is 10.0. The highest BCUT2D eigenvalue weighted by atomic mass is 16.5. The van der Waals surface area contributed by atoms with Crippen molar-refractivity contribution in [2.75, 3.05) is 27.4 Å². The highest BCUT2D eigenvalue weighted by Gasteiger charge is 2.19. The topological polar surface area (TPSA) is 63.6 Å². The molecule has 0 aliphatic rings. The van der Waals surface area contributed by atoms with Crippen LogP contribution in [0.5, 0.6) is 5.88 Å². The van der Waals surface area contributed by atoms with Gasteiger partial charge >= 0.3 is 0 Å². The molecule has 0 saturated heterocycles. The molecule has 0 saturated carbocycles. The van der Waals surface area contributed by atoms with Gasteiger partial charge in [-0.3, -0.25) is 0 Å². The highest BCUT2D eigenvalue weighted by Crippen LogP contribution is 2.09. The summed E-state index contributed by atoms with van der Waals surface area (Å²) < 4.78 is 10.0. The second-order valence-electron chi connectivity index (χ2n) is 4.51. The average Bonchev–Trinajstić information content (AvgIpc) is 2.36. The van der Waals surface area contributed by atoms with Gasteiger partial charge in [0, 0.05) is 39.3 Å². The van der Waals surface area contributed by atoms with Crippen molar-refractivity contribution in [3.63, 3.8) is 0 Å². The van der Waals surface area contributed by atoms with E-state index >= 15 is 0 Å². The van der Waals surface area contributed by atoms with Crippen LogP contribution in [0.1, 0.15) is 19.0 Å². The van der Waals surface area contributed by atoms with Crippen molar-refractivity contribution in [2.24, 2.45) is 0 Å². The van der Waals surface area contributed by atoms with Crippen LogP contribution in [0.25, 0.3) is 0 Å². The lowest BCUT2D eigenvalue weighted by Gasteiger charge is -2.23. The molecule has 102 valence electrons. The summed E-state index contributed by atoms with van der Waals surface area (Å²) in [6, 6.07) is 5.61. The molecule has 0 radical (unpaired) electrons. The van der Waals surface area contributed by atoms with E-state index in [1.54, 1.807) is 27.2 Å². The fourth-order valence-corrected chi connectivity index (χ4v) is 1.54. The number of hydrogen-bond acceptors (Lipinski definition) is 5. The van der Waals surface area contributed by atoms with Crippen molar-refractivity contribution in [1.29, 1.82) is 0 Å². The first-order valence-corrected chi connectivity index (χ1v) is 5.99. The normalized spacial score (nSPS) is 14.2. The second-order valence-corrected chi connectivity index (χ2v) is 4.51. The molecule has 5 nitrogen and oxygen atoms in total. The maximum Gasteiger partial charge on any atom is 0.213 e. The Kier molecular flexibility index (Phi) is 6.04. The Morgan fingerprint density at radius 3 is 2.83 bits per heavy atom. The van der Waals surface area contributed by atoms with Gasteiger partial charge in [0.05, 0.1) is 18.4 Å². The molecule has 1 heterocycles. The van der Waals surface area contributed by atoms with E-state index in [1.807, 2.05) is 12.1 Å². The zero-order valence-corrected chi connectivity index (χ0v) is 11.3. The molecule has 1 atom stereocenters. The first kappa shape index (κ1) is 14.9. The van der Waals surface area contributed by atoms with Gasteiger partial charge in [0.1, 0.15) is 0 Å². The van der Waals surface area contributed by atoms with Crippen LogP contribution in [0, 0.1) is 0 Å². The Hall–Kier alpha value is -1.17. The van der Waals surface area contributed by atoms with Crippen LogP contribution in [-0.2, 0) is 11.3 Å². The molecule has 0 fully saturated rings. The van der Waals surface area contributed by atoms with Gasteiger partial charge in [-0.25, -0.2) is 4.98 Å². The summed E-state index contributed by atoms with van der Waals surface area (Å²) in [5.74, 6) is 0.598. The highest BCUT2D eigenvalue weighted by molar-refractivity contribution is 5.15. The molecule has 1 aromatic heterocycles. The molecule has 0 spiro atoms. The van der Waals surface area contributed by atoms with Crippen LogP contribution in [0.2, 0.25) is 0 Å². The van der Waals surface area contributed by atoms with Gasteiger partial charge in [0.15, 0.2) is 0 Å². The summed E-state index contributed by atoms with van der Waals surface area (Å²) in [5, 5.41) is 13.2. The summed E-state index contributed by atoms with van der Waals surface area (Å²) in [7, 11) is 3.22. The van der Waals surface area contributed by atoms with E-state index in [9.17, 15) is 5.11 Å². The molecular weight excluding hydrogens is 232 g/mol. The average molecular weight is 254 g/mol. The van der Waals surface area contributed by atoms with E-state index in [4.69, 9.17) is 9.47 Å². The molecule has 1 aromatic rings. The Labute approximate surface area is 108 Å². The number of hydrogen-bond donors (Lipinski definition) is 2. The van der Waals surface area contributed by atoms with Gasteiger partial charge in [-0.1, -0.05) is 6.07 Å². The summed E-state index contributed by atoms with van der Waals surface area (Å²) in [6.45, 7) is 3.43. The Bertz CT molecular complexity index is 356. The van der Waals surface area contributed by atoms with Crippen molar-refractivity contribution in [3.05, 3.63) is 23.9 Å². The minimum Gasteiger partial charge on any atom is -0.481 e. The second kappa shape index (κ2) is 7.31. The van der Waals surface area contributed by atoms with Crippen molar-refractivity contribution in [2.45, 2.75) is 25.5 Å². The predicted molar refractivity (Wildman–Crippen MR) is 69.6 cm³/mol. The van der Waals surface area contributed by atoms with Crippen LogP contribution < -0.4 is 10.1 Å². The third-order valence-electron chi connectivity index (χ3n) is 2.65. The summed E-state index contributed by atoms with van der Waals surface area (Å²) in [5.41, 5.74) is 0.117. The summed E-state index contributed by atoms with van der Waals surface area (Å²) in [6.07, 6.45) is 0.599. The first-order valence-electron chi connectivity index (χ1n) is 5.99. The number of pyridine rings is 1. The molecule has 18 heavy (non-hydrogen) atoms. The van der Waals surface area contributed by atoms with Crippen LogP contribution in [0.3, 0.4) is 0 Å². The van der Waals surface area contributed by atoms with E-state index in [2.05, 4.69) is 10.3 Å². The van der Waals surface area contributed by atoms with E-state index in [0.29, 0.717) is 32.0 Å². The van der Waals surface area contributed by atoms with E-state index < -0.39 is 5.60 Å². The third-order valence-corrected chi connectivity index (χ3v) is 2.65. The molecule has 5 heteroatoms. The number of methoxy groups -OCH3 is 2. The minimum atomic E-state index is -0.769. The predicted octanol–water partition coefficient (Wildman–Crippen LogP) is 0.967. The minimum absolute atomic E-state index is 0.495. The monoisotopic (exact) mass is 254 g/mol. The number of ether oxygens (including phenoxy) is 2. The first-order chi connectivity index (χ1) is 8.57. The molecular formula is C13H22N2O3. The summed E-state index contributed by atoms with van der Waals surface area (Å²) >= 11 is 0. The number of aliphatic hydroxyl groups is 1. The van der Waals surface area contributed by atoms with Gasteiger partial charge in [-0.2, -0.15) is 0 Å². The molecule has 0 amide bonds. The number of aromatic nitrogens is 1. The Balaban J connectivity index is 2.36. The van der Waals surface area contributed by atoms with Gasteiger partial charge < -0.3 is 19.9 Å². The van der Waals surface area contributed by atoms with Gasteiger partial charge in [0.25, 0.3) is 0 Å². The van der Waals surface area contributed by atoms with Crippen LogP contribution in [0.4, 0.5) is 0 Å². The Morgan fingerprint density at radius 1 is 1.39 bits per heavy atom. The van der Waals surface area contributed by atoms with Crippen LogP contribution >= 0.6 is 0 Å².